The van der Waals surface area contributed by atoms with Crippen LogP contribution in [0.3, 0.4) is 0 Å². The van der Waals surface area contributed by atoms with Crippen LogP contribution in [0, 0.1) is 0 Å². The van der Waals surface area contributed by atoms with E-state index in [1.54, 1.807) is 13.2 Å². The number of amides is 1. The summed E-state index contributed by atoms with van der Waals surface area (Å²) >= 11 is 0. The number of pyridine rings is 1. The van der Waals surface area contributed by atoms with Crippen LogP contribution in [0.4, 0.5) is 5.82 Å². The highest BCUT2D eigenvalue weighted by molar-refractivity contribution is 5.95. The fraction of sp³-hybridized carbons (Fsp3) is 0.600. The van der Waals surface area contributed by atoms with Crippen LogP contribution in [0.2, 0.25) is 0 Å². The summed E-state index contributed by atoms with van der Waals surface area (Å²) in [5, 5.41) is 0. The standard InChI is InChI=1S/C15H23N3O2/c1-3-4-12-9-11(10-14(16)17-12)15(19)18(7-8-20-2)13-5-6-13/h9-10,13H,3-8H2,1-2H3,(H2,16,17). The molecule has 1 heterocycles. The molecule has 1 aromatic rings. The maximum absolute atomic E-state index is 12.6. The van der Waals surface area contributed by atoms with Gasteiger partial charge in [-0.2, -0.15) is 0 Å². The van der Waals surface area contributed by atoms with Crippen molar-refractivity contribution in [2.45, 2.75) is 38.6 Å². The number of hydrogen-bond donors (Lipinski definition) is 1. The van der Waals surface area contributed by atoms with Crippen molar-refractivity contribution < 1.29 is 9.53 Å². The molecular weight excluding hydrogens is 254 g/mol. The average molecular weight is 277 g/mol. The molecule has 5 heteroatoms. The minimum atomic E-state index is 0.0380. The molecule has 1 fully saturated rings. The van der Waals surface area contributed by atoms with E-state index in [1.165, 1.54) is 0 Å². The molecule has 5 nitrogen and oxygen atoms in total. The van der Waals surface area contributed by atoms with Gasteiger partial charge in [0.05, 0.1) is 6.61 Å². The molecule has 0 aromatic carbocycles. The summed E-state index contributed by atoms with van der Waals surface area (Å²) in [5.74, 6) is 0.456. The lowest BCUT2D eigenvalue weighted by Crippen LogP contribution is -2.36. The van der Waals surface area contributed by atoms with E-state index in [9.17, 15) is 4.79 Å². The molecule has 0 unspecified atom stereocenters. The van der Waals surface area contributed by atoms with Crippen LogP contribution in [0.15, 0.2) is 12.1 Å². The summed E-state index contributed by atoms with van der Waals surface area (Å²) in [6.07, 6.45) is 3.99. The van der Waals surface area contributed by atoms with Gasteiger partial charge < -0.3 is 15.4 Å². The zero-order valence-electron chi connectivity index (χ0n) is 12.3. The number of rotatable bonds is 7. The number of carbonyl (C=O) groups is 1. The van der Waals surface area contributed by atoms with E-state index >= 15 is 0 Å². The van der Waals surface area contributed by atoms with E-state index in [0.29, 0.717) is 30.6 Å². The molecule has 0 radical (unpaired) electrons. The van der Waals surface area contributed by atoms with Gasteiger partial charge in [0.15, 0.2) is 0 Å². The maximum Gasteiger partial charge on any atom is 0.254 e. The van der Waals surface area contributed by atoms with Gasteiger partial charge in [-0.25, -0.2) is 4.98 Å². The topological polar surface area (TPSA) is 68.5 Å². The molecule has 0 bridgehead atoms. The quantitative estimate of drug-likeness (QED) is 0.826. The Hall–Kier alpha value is -1.62. The zero-order valence-corrected chi connectivity index (χ0v) is 12.3. The van der Waals surface area contributed by atoms with Crippen molar-refractivity contribution in [1.29, 1.82) is 0 Å². The zero-order chi connectivity index (χ0) is 14.5. The second kappa shape index (κ2) is 6.70. The number of aromatic nitrogens is 1. The monoisotopic (exact) mass is 277 g/mol. The molecule has 1 aliphatic carbocycles. The van der Waals surface area contributed by atoms with Crippen LogP contribution in [-0.4, -0.2) is 42.1 Å². The number of aryl methyl sites for hydroxylation is 1. The van der Waals surface area contributed by atoms with Crippen LogP contribution in [0.1, 0.15) is 42.2 Å². The van der Waals surface area contributed by atoms with Crippen molar-refractivity contribution in [1.82, 2.24) is 9.88 Å². The van der Waals surface area contributed by atoms with Gasteiger partial charge in [-0.3, -0.25) is 4.79 Å². The van der Waals surface area contributed by atoms with E-state index in [-0.39, 0.29) is 5.91 Å². The lowest BCUT2D eigenvalue weighted by Gasteiger charge is -2.22. The molecule has 20 heavy (non-hydrogen) atoms. The first-order valence-corrected chi connectivity index (χ1v) is 7.22. The van der Waals surface area contributed by atoms with Crippen molar-refractivity contribution in [2.75, 3.05) is 26.0 Å². The number of nitrogen functional groups attached to an aromatic ring is 1. The molecule has 1 amide bonds. The van der Waals surface area contributed by atoms with Gasteiger partial charge in [-0.05, 0) is 31.4 Å². The van der Waals surface area contributed by atoms with Gasteiger partial charge in [0, 0.05) is 31.0 Å². The number of hydrogen-bond acceptors (Lipinski definition) is 4. The van der Waals surface area contributed by atoms with Gasteiger partial charge >= 0.3 is 0 Å². The predicted molar refractivity (Wildman–Crippen MR) is 78.6 cm³/mol. The fourth-order valence-corrected chi connectivity index (χ4v) is 2.31. The number of ether oxygens (including phenoxy) is 1. The largest absolute Gasteiger partial charge is 0.384 e. The number of carbonyl (C=O) groups excluding carboxylic acids is 1. The van der Waals surface area contributed by atoms with Gasteiger partial charge in [-0.1, -0.05) is 13.3 Å². The Balaban J connectivity index is 2.17. The number of methoxy groups -OCH3 is 1. The molecule has 0 spiro atoms. The first-order valence-electron chi connectivity index (χ1n) is 7.22. The van der Waals surface area contributed by atoms with E-state index < -0.39 is 0 Å². The van der Waals surface area contributed by atoms with Crippen molar-refractivity contribution >= 4 is 11.7 Å². The van der Waals surface area contributed by atoms with Gasteiger partial charge in [-0.15, -0.1) is 0 Å². The molecule has 2 N–H and O–H groups in total. The highest BCUT2D eigenvalue weighted by atomic mass is 16.5. The van der Waals surface area contributed by atoms with Crippen molar-refractivity contribution in [3.05, 3.63) is 23.4 Å². The predicted octanol–water partition coefficient (Wildman–Crippen LogP) is 1.87. The van der Waals surface area contributed by atoms with Gasteiger partial charge in [0.2, 0.25) is 0 Å². The normalized spacial score (nSPS) is 14.3. The Morgan fingerprint density at radius 2 is 2.25 bits per heavy atom. The van der Waals surface area contributed by atoms with Crippen LogP contribution >= 0.6 is 0 Å². The summed E-state index contributed by atoms with van der Waals surface area (Å²) in [7, 11) is 1.65. The lowest BCUT2D eigenvalue weighted by molar-refractivity contribution is 0.0680. The van der Waals surface area contributed by atoms with E-state index in [0.717, 1.165) is 31.4 Å². The first-order chi connectivity index (χ1) is 9.65. The molecular formula is C15H23N3O2. The minimum absolute atomic E-state index is 0.0380. The first kappa shape index (κ1) is 14.8. The van der Waals surface area contributed by atoms with Crippen LogP contribution < -0.4 is 5.73 Å². The fourth-order valence-electron chi connectivity index (χ4n) is 2.31. The van der Waals surface area contributed by atoms with E-state index in [4.69, 9.17) is 10.5 Å². The Morgan fingerprint density at radius 3 is 2.85 bits per heavy atom. The number of nitrogens with zero attached hydrogens (tertiary/aromatic N) is 2. The Kier molecular flexibility index (Phi) is 4.95. The molecule has 2 rings (SSSR count). The SMILES string of the molecule is CCCc1cc(C(=O)N(CCOC)C2CC2)cc(N)n1. The summed E-state index contributed by atoms with van der Waals surface area (Å²) in [6.45, 7) is 3.28. The van der Waals surface area contributed by atoms with Crippen molar-refractivity contribution in [3.8, 4) is 0 Å². The molecule has 0 atom stereocenters. The molecule has 110 valence electrons. The van der Waals surface area contributed by atoms with Gasteiger partial charge in [0.1, 0.15) is 5.82 Å². The molecule has 1 aliphatic rings. The number of nitrogens with two attached hydrogens (primary N) is 1. The molecule has 0 saturated heterocycles. The van der Waals surface area contributed by atoms with Crippen molar-refractivity contribution in [2.24, 2.45) is 0 Å². The van der Waals surface area contributed by atoms with E-state index in [1.807, 2.05) is 11.0 Å². The van der Waals surface area contributed by atoms with Crippen molar-refractivity contribution in [3.63, 3.8) is 0 Å². The third-order valence-electron chi connectivity index (χ3n) is 3.44. The third kappa shape index (κ3) is 3.70. The highest BCUT2D eigenvalue weighted by Gasteiger charge is 2.32. The van der Waals surface area contributed by atoms with Crippen LogP contribution in [0.25, 0.3) is 0 Å². The van der Waals surface area contributed by atoms with Crippen LogP contribution in [0.5, 0.6) is 0 Å². The summed E-state index contributed by atoms with van der Waals surface area (Å²) in [6, 6.07) is 3.90. The minimum Gasteiger partial charge on any atom is -0.384 e. The Morgan fingerprint density at radius 1 is 1.50 bits per heavy atom. The summed E-state index contributed by atoms with van der Waals surface area (Å²) in [5.41, 5.74) is 7.34. The molecule has 1 saturated carbocycles. The van der Waals surface area contributed by atoms with Gasteiger partial charge in [0.25, 0.3) is 5.91 Å². The number of anilines is 1. The second-order valence-electron chi connectivity index (χ2n) is 5.24. The molecule has 0 aliphatic heterocycles. The summed E-state index contributed by atoms with van der Waals surface area (Å²) < 4.78 is 5.09. The lowest BCUT2D eigenvalue weighted by atomic mass is 10.1. The maximum atomic E-state index is 12.6. The summed E-state index contributed by atoms with van der Waals surface area (Å²) in [4.78, 5) is 18.8. The average Bonchev–Trinajstić information content (AvgIpc) is 3.23. The van der Waals surface area contributed by atoms with Crippen LogP contribution in [-0.2, 0) is 11.2 Å². The Bertz CT molecular complexity index is 472. The molecule has 1 aromatic heterocycles. The smallest absolute Gasteiger partial charge is 0.254 e. The second-order valence-corrected chi connectivity index (χ2v) is 5.24. The third-order valence-corrected chi connectivity index (χ3v) is 3.44. The van der Waals surface area contributed by atoms with E-state index in [2.05, 4.69) is 11.9 Å². The highest BCUT2D eigenvalue weighted by Crippen LogP contribution is 2.28. The Labute approximate surface area is 120 Å².